The lowest BCUT2D eigenvalue weighted by Crippen LogP contribution is -2.23. The predicted octanol–water partition coefficient (Wildman–Crippen LogP) is 2.08. The summed E-state index contributed by atoms with van der Waals surface area (Å²) in [6, 6.07) is 0. The van der Waals surface area contributed by atoms with Crippen molar-refractivity contribution in [2.24, 2.45) is 0 Å². The van der Waals surface area contributed by atoms with Crippen LogP contribution in [0.3, 0.4) is 0 Å². The van der Waals surface area contributed by atoms with Gasteiger partial charge in [0.2, 0.25) is 11.8 Å². The lowest BCUT2D eigenvalue weighted by Gasteiger charge is -2.11. The highest BCUT2D eigenvalue weighted by molar-refractivity contribution is 7.99. The second-order valence-corrected chi connectivity index (χ2v) is 5.13. The van der Waals surface area contributed by atoms with Gasteiger partial charge in [0, 0.05) is 18.7 Å². The second kappa shape index (κ2) is 6.05. The lowest BCUT2D eigenvalue weighted by molar-refractivity contribution is -0.128. The number of hydrogen-bond acceptors (Lipinski definition) is 5. The van der Waals surface area contributed by atoms with Gasteiger partial charge in [-0.3, -0.25) is 4.79 Å². The Kier molecular flexibility index (Phi) is 4.42. The van der Waals surface area contributed by atoms with Crippen LogP contribution in [0.2, 0.25) is 0 Å². The Morgan fingerprint density at radius 2 is 2.35 bits per heavy atom. The molecule has 1 saturated heterocycles. The van der Waals surface area contributed by atoms with Crippen LogP contribution in [0.5, 0.6) is 0 Å². The molecule has 1 aromatic heterocycles. The third-order valence-electron chi connectivity index (χ3n) is 2.67. The molecule has 5 nitrogen and oxygen atoms in total. The number of carbonyl (C=O) groups excluding carboxylic acids is 1. The Bertz CT molecular complexity index is 381. The van der Waals surface area contributed by atoms with Crippen molar-refractivity contribution in [1.82, 2.24) is 15.1 Å². The fourth-order valence-corrected chi connectivity index (χ4v) is 2.56. The number of unbranched alkanes of at least 4 members (excludes halogenated alkanes) is 1. The minimum atomic E-state index is 0.184. The van der Waals surface area contributed by atoms with Gasteiger partial charge in [-0.1, -0.05) is 25.1 Å². The molecule has 0 bridgehead atoms. The van der Waals surface area contributed by atoms with E-state index in [4.69, 9.17) is 4.42 Å². The zero-order chi connectivity index (χ0) is 12.1. The third kappa shape index (κ3) is 3.46. The quantitative estimate of drug-likeness (QED) is 0.575. The fraction of sp³-hybridized carbons (Fsp3) is 0.727. The first-order chi connectivity index (χ1) is 8.29. The molecule has 0 aromatic carbocycles. The second-order valence-electron chi connectivity index (χ2n) is 4.08. The first kappa shape index (κ1) is 12.4. The van der Waals surface area contributed by atoms with Crippen LogP contribution < -0.4 is 0 Å². The molecule has 0 spiro atoms. The number of likely N-dealkylation sites (tertiary alicyclic amines) is 1. The van der Waals surface area contributed by atoms with Crippen molar-refractivity contribution in [2.45, 2.75) is 44.4 Å². The molecule has 1 aromatic rings. The van der Waals surface area contributed by atoms with E-state index in [1.54, 1.807) is 16.7 Å². The van der Waals surface area contributed by atoms with Crippen molar-refractivity contribution in [1.29, 1.82) is 0 Å². The number of thioether (sulfide) groups is 1. The van der Waals surface area contributed by atoms with E-state index in [2.05, 4.69) is 17.1 Å². The molecule has 1 fully saturated rings. The Morgan fingerprint density at radius 1 is 1.47 bits per heavy atom. The number of aromatic nitrogens is 2. The molecular formula is C11H17N3O2S. The Labute approximate surface area is 105 Å². The number of rotatable bonds is 6. The summed E-state index contributed by atoms with van der Waals surface area (Å²) in [4.78, 5) is 13.2. The molecular weight excluding hydrogens is 238 g/mol. The van der Waals surface area contributed by atoms with E-state index < -0.39 is 0 Å². The summed E-state index contributed by atoms with van der Waals surface area (Å²) in [6.45, 7) is 3.42. The van der Waals surface area contributed by atoms with Crippen LogP contribution in [0.15, 0.2) is 9.64 Å². The van der Waals surface area contributed by atoms with E-state index >= 15 is 0 Å². The lowest BCUT2D eigenvalue weighted by atomic mass is 10.4. The first-order valence-corrected chi connectivity index (χ1v) is 7.01. The maximum atomic E-state index is 11.4. The van der Waals surface area contributed by atoms with Crippen molar-refractivity contribution in [3.8, 4) is 0 Å². The molecule has 2 rings (SSSR count). The Hall–Kier alpha value is -1.04. The van der Waals surface area contributed by atoms with Gasteiger partial charge in [-0.15, -0.1) is 10.2 Å². The number of hydrogen-bond donors (Lipinski definition) is 0. The van der Waals surface area contributed by atoms with E-state index in [1.165, 1.54) is 0 Å². The average Bonchev–Trinajstić information content (AvgIpc) is 2.91. The van der Waals surface area contributed by atoms with E-state index in [0.717, 1.165) is 31.6 Å². The van der Waals surface area contributed by atoms with Crippen LogP contribution in [0.1, 0.15) is 38.5 Å². The molecule has 17 heavy (non-hydrogen) atoms. The summed E-state index contributed by atoms with van der Waals surface area (Å²) in [7, 11) is 0. The van der Waals surface area contributed by atoms with Crippen molar-refractivity contribution < 1.29 is 9.21 Å². The molecule has 0 aliphatic carbocycles. The van der Waals surface area contributed by atoms with Crippen molar-refractivity contribution in [3.05, 3.63) is 5.89 Å². The summed E-state index contributed by atoms with van der Waals surface area (Å²) >= 11 is 1.58. The van der Waals surface area contributed by atoms with Gasteiger partial charge in [0.25, 0.3) is 5.22 Å². The van der Waals surface area contributed by atoms with Gasteiger partial charge in [-0.25, -0.2) is 0 Å². The highest BCUT2D eigenvalue weighted by Crippen LogP contribution is 2.19. The summed E-state index contributed by atoms with van der Waals surface area (Å²) < 4.78 is 5.49. The van der Waals surface area contributed by atoms with Crippen molar-refractivity contribution in [3.63, 3.8) is 0 Å². The molecule has 1 amide bonds. The van der Waals surface area contributed by atoms with Crippen molar-refractivity contribution >= 4 is 17.7 Å². The van der Waals surface area contributed by atoms with Crippen LogP contribution in [0.25, 0.3) is 0 Å². The fourth-order valence-electron chi connectivity index (χ4n) is 1.70. The molecule has 6 heteroatoms. The van der Waals surface area contributed by atoms with Gasteiger partial charge in [0.05, 0.1) is 6.54 Å². The van der Waals surface area contributed by atoms with Gasteiger partial charge in [-0.05, 0) is 12.8 Å². The van der Waals surface area contributed by atoms with Gasteiger partial charge < -0.3 is 9.32 Å². The largest absolute Gasteiger partial charge is 0.414 e. The minimum absolute atomic E-state index is 0.184. The molecule has 0 atom stereocenters. The zero-order valence-corrected chi connectivity index (χ0v) is 10.8. The average molecular weight is 255 g/mol. The van der Waals surface area contributed by atoms with Gasteiger partial charge >= 0.3 is 0 Å². The Balaban J connectivity index is 1.83. The zero-order valence-electron chi connectivity index (χ0n) is 10.0. The summed E-state index contributed by atoms with van der Waals surface area (Å²) in [6.07, 6.45) is 3.89. The molecule has 0 saturated carbocycles. The normalized spacial score (nSPS) is 15.8. The molecule has 1 aliphatic heterocycles. The van der Waals surface area contributed by atoms with Gasteiger partial charge in [-0.2, -0.15) is 0 Å². The van der Waals surface area contributed by atoms with Crippen LogP contribution >= 0.6 is 11.8 Å². The monoisotopic (exact) mass is 255 g/mol. The van der Waals surface area contributed by atoms with Crippen LogP contribution in [0, 0.1) is 0 Å². The standard InChI is InChI=1S/C11H17N3O2S/c1-2-3-7-17-11-13-12-9(16-11)8-14-6-4-5-10(14)15/h2-8H2,1H3. The number of amides is 1. The van der Waals surface area contributed by atoms with E-state index in [-0.39, 0.29) is 5.91 Å². The molecule has 94 valence electrons. The molecule has 0 radical (unpaired) electrons. The number of carbonyl (C=O) groups is 1. The van der Waals surface area contributed by atoms with E-state index in [9.17, 15) is 4.79 Å². The maximum absolute atomic E-state index is 11.4. The smallest absolute Gasteiger partial charge is 0.276 e. The summed E-state index contributed by atoms with van der Waals surface area (Å²) in [5, 5.41) is 8.54. The third-order valence-corrected chi connectivity index (χ3v) is 3.57. The molecule has 0 N–H and O–H groups in total. The SMILES string of the molecule is CCCCSc1nnc(CN2CCCC2=O)o1. The van der Waals surface area contributed by atoms with Crippen LogP contribution in [-0.2, 0) is 11.3 Å². The number of nitrogens with zero attached hydrogens (tertiary/aromatic N) is 3. The van der Waals surface area contributed by atoms with Gasteiger partial charge in [0.15, 0.2) is 0 Å². The van der Waals surface area contributed by atoms with Crippen LogP contribution in [0.4, 0.5) is 0 Å². The van der Waals surface area contributed by atoms with Crippen LogP contribution in [-0.4, -0.2) is 33.3 Å². The molecule has 2 heterocycles. The highest BCUT2D eigenvalue weighted by atomic mass is 32.2. The van der Waals surface area contributed by atoms with Crippen molar-refractivity contribution in [2.75, 3.05) is 12.3 Å². The van der Waals surface area contributed by atoms with E-state index in [0.29, 0.717) is 24.1 Å². The summed E-state index contributed by atoms with van der Waals surface area (Å²) in [5.41, 5.74) is 0. The van der Waals surface area contributed by atoms with E-state index in [1.807, 2.05) is 0 Å². The molecule has 1 aliphatic rings. The molecule has 0 unspecified atom stereocenters. The maximum Gasteiger partial charge on any atom is 0.276 e. The predicted molar refractivity (Wildman–Crippen MR) is 64.6 cm³/mol. The highest BCUT2D eigenvalue weighted by Gasteiger charge is 2.22. The van der Waals surface area contributed by atoms with Gasteiger partial charge in [0.1, 0.15) is 0 Å². The minimum Gasteiger partial charge on any atom is -0.414 e. The Morgan fingerprint density at radius 3 is 3.06 bits per heavy atom. The first-order valence-electron chi connectivity index (χ1n) is 6.02. The topological polar surface area (TPSA) is 59.2 Å². The summed E-state index contributed by atoms with van der Waals surface area (Å²) in [5.74, 6) is 1.73.